The van der Waals surface area contributed by atoms with Gasteiger partial charge in [-0.05, 0) is 18.6 Å². The van der Waals surface area contributed by atoms with Crippen LogP contribution >= 0.6 is 0 Å². The zero-order chi connectivity index (χ0) is 11.6. The van der Waals surface area contributed by atoms with Gasteiger partial charge in [-0.15, -0.1) is 0 Å². The zero-order valence-corrected chi connectivity index (χ0v) is 9.52. The van der Waals surface area contributed by atoms with Crippen LogP contribution < -0.4 is 4.74 Å². The lowest BCUT2D eigenvalue weighted by atomic mass is 10.3. The van der Waals surface area contributed by atoms with Gasteiger partial charge in [0.05, 0.1) is 6.61 Å². The summed E-state index contributed by atoms with van der Waals surface area (Å²) in [4.78, 5) is 0. The monoisotopic (exact) mass is 226 g/mol. The van der Waals surface area contributed by atoms with Crippen LogP contribution in [0, 0.1) is 0 Å². The van der Waals surface area contributed by atoms with Gasteiger partial charge in [0.1, 0.15) is 6.61 Å². The van der Waals surface area contributed by atoms with Crippen molar-refractivity contribution in [3.8, 4) is 11.5 Å². The van der Waals surface area contributed by atoms with Crippen LogP contribution in [0.2, 0.25) is 0 Å². The van der Waals surface area contributed by atoms with Crippen LogP contribution in [-0.2, 0) is 9.47 Å². The standard InChI is InChI=1S/C12H18O4/c1-14-7-4-8-15-9-10-16-12-6-3-2-5-11(12)13/h2-3,5-6,13H,4,7-10H2,1H3. The molecule has 0 aliphatic heterocycles. The molecule has 0 saturated carbocycles. The molecule has 0 amide bonds. The highest BCUT2D eigenvalue weighted by atomic mass is 16.5. The fraction of sp³-hybridized carbons (Fsp3) is 0.500. The maximum atomic E-state index is 9.40. The first-order valence-corrected chi connectivity index (χ1v) is 5.32. The van der Waals surface area contributed by atoms with Gasteiger partial charge in [0.2, 0.25) is 0 Å². The van der Waals surface area contributed by atoms with Crippen molar-refractivity contribution in [1.82, 2.24) is 0 Å². The molecule has 0 saturated heterocycles. The van der Waals surface area contributed by atoms with Crippen molar-refractivity contribution in [2.24, 2.45) is 0 Å². The molecule has 16 heavy (non-hydrogen) atoms. The summed E-state index contributed by atoms with van der Waals surface area (Å²) in [6.45, 7) is 2.32. The Morgan fingerprint density at radius 2 is 1.88 bits per heavy atom. The highest BCUT2D eigenvalue weighted by molar-refractivity contribution is 5.37. The Bertz CT molecular complexity index is 288. The van der Waals surface area contributed by atoms with Crippen LogP contribution in [0.3, 0.4) is 0 Å². The fourth-order valence-corrected chi connectivity index (χ4v) is 1.20. The van der Waals surface area contributed by atoms with E-state index in [0.717, 1.165) is 6.42 Å². The van der Waals surface area contributed by atoms with Crippen molar-refractivity contribution in [3.63, 3.8) is 0 Å². The van der Waals surface area contributed by atoms with Crippen molar-refractivity contribution < 1.29 is 19.3 Å². The second-order valence-corrected chi connectivity index (χ2v) is 3.27. The van der Waals surface area contributed by atoms with Crippen LogP contribution in [0.5, 0.6) is 11.5 Å². The molecule has 0 spiro atoms. The molecule has 0 unspecified atom stereocenters. The average Bonchev–Trinajstić information content (AvgIpc) is 2.30. The Labute approximate surface area is 95.8 Å². The third kappa shape index (κ3) is 5.00. The summed E-state index contributed by atoms with van der Waals surface area (Å²) in [5.41, 5.74) is 0. The largest absolute Gasteiger partial charge is 0.504 e. The van der Waals surface area contributed by atoms with Gasteiger partial charge in [-0.25, -0.2) is 0 Å². The van der Waals surface area contributed by atoms with Crippen molar-refractivity contribution in [3.05, 3.63) is 24.3 Å². The third-order valence-electron chi connectivity index (χ3n) is 1.99. The van der Waals surface area contributed by atoms with Gasteiger partial charge >= 0.3 is 0 Å². The minimum atomic E-state index is 0.155. The Morgan fingerprint density at radius 1 is 1.06 bits per heavy atom. The third-order valence-corrected chi connectivity index (χ3v) is 1.99. The molecular weight excluding hydrogens is 208 g/mol. The summed E-state index contributed by atoms with van der Waals surface area (Å²) in [5, 5.41) is 9.40. The molecule has 4 nitrogen and oxygen atoms in total. The van der Waals surface area contributed by atoms with E-state index >= 15 is 0 Å². The predicted molar refractivity (Wildman–Crippen MR) is 60.9 cm³/mol. The summed E-state index contributed by atoms with van der Waals surface area (Å²) in [6, 6.07) is 6.88. The predicted octanol–water partition coefficient (Wildman–Crippen LogP) is 1.82. The number of para-hydroxylation sites is 2. The van der Waals surface area contributed by atoms with Crippen LogP contribution in [0.4, 0.5) is 0 Å². The number of aromatic hydroxyl groups is 1. The molecule has 0 bridgehead atoms. The molecule has 90 valence electrons. The number of phenolic OH excluding ortho intramolecular Hbond substituents is 1. The molecule has 0 radical (unpaired) electrons. The topological polar surface area (TPSA) is 47.9 Å². The molecule has 0 atom stereocenters. The van der Waals surface area contributed by atoms with E-state index in [9.17, 15) is 5.11 Å². The molecule has 0 aliphatic rings. The van der Waals surface area contributed by atoms with Crippen LogP contribution in [0.15, 0.2) is 24.3 Å². The van der Waals surface area contributed by atoms with E-state index in [4.69, 9.17) is 14.2 Å². The lowest BCUT2D eigenvalue weighted by Gasteiger charge is -2.08. The first-order chi connectivity index (χ1) is 7.84. The summed E-state index contributed by atoms with van der Waals surface area (Å²) in [7, 11) is 1.67. The van der Waals surface area contributed by atoms with E-state index in [-0.39, 0.29) is 5.75 Å². The highest BCUT2D eigenvalue weighted by Gasteiger charge is 1.99. The van der Waals surface area contributed by atoms with E-state index in [1.807, 2.05) is 6.07 Å². The van der Waals surface area contributed by atoms with Crippen molar-refractivity contribution in [2.75, 3.05) is 33.5 Å². The zero-order valence-electron chi connectivity index (χ0n) is 9.52. The lowest BCUT2D eigenvalue weighted by molar-refractivity contribution is 0.0800. The van der Waals surface area contributed by atoms with Crippen molar-refractivity contribution >= 4 is 0 Å². The van der Waals surface area contributed by atoms with Gasteiger partial charge in [-0.3, -0.25) is 0 Å². The van der Waals surface area contributed by atoms with Crippen LogP contribution in [-0.4, -0.2) is 38.6 Å². The molecule has 1 aromatic rings. The number of benzene rings is 1. The maximum Gasteiger partial charge on any atom is 0.161 e. The number of hydrogen-bond acceptors (Lipinski definition) is 4. The summed E-state index contributed by atoms with van der Waals surface area (Å²) in [6.07, 6.45) is 0.882. The minimum absolute atomic E-state index is 0.155. The molecule has 0 fully saturated rings. The molecule has 1 N–H and O–H groups in total. The van der Waals surface area contributed by atoms with Crippen molar-refractivity contribution in [2.45, 2.75) is 6.42 Å². The Morgan fingerprint density at radius 3 is 2.62 bits per heavy atom. The SMILES string of the molecule is COCCCOCCOc1ccccc1O. The number of hydrogen-bond donors (Lipinski definition) is 1. The molecule has 0 aliphatic carbocycles. The van der Waals surface area contributed by atoms with E-state index in [2.05, 4.69) is 0 Å². The molecule has 1 aromatic carbocycles. The normalized spacial score (nSPS) is 10.3. The maximum absolute atomic E-state index is 9.40. The van der Waals surface area contributed by atoms with Crippen LogP contribution in [0.25, 0.3) is 0 Å². The summed E-state index contributed by atoms with van der Waals surface area (Å²) in [5.74, 6) is 0.643. The molecular formula is C12H18O4. The van der Waals surface area contributed by atoms with E-state index in [1.165, 1.54) is 0 Å². The summed E-state index contributed by atoms with van der Waals surface area (Å²) >= 11 is 0. The second-order valence-electron chi connectivity index (χ2n) is 3.27. The molecule has 1 rings (SSSR count). The first kappa shape index (κ1) is 12.8. The fourth-order valence-electron chi connectivity index (χ4n) is 1.20. The number of phenols is 1. The Balaban J connectivity index is 2.05. The van der Waals surface area contributed by atoms with E-state index < -0.39 is 0 Å². The van der Waals surface area contributed by atoms with Crippen LogP contribution in [0.1, 0.15) is 6.42 Å². The number of ether oxygens (including phenoxy) is 3. The number of methoxy groups -OCH3 is 1. The Kier molecular flexibility index (Phi) is 6.37. The van der Waals surface area contributed by atoms with E-state index in [0.29, 0.717) is 32.2 Å². The highest BCUT2D eigenvalue weighted by Crippen LogP contribution is 2.23. The van der Waals surface area contributed by atoms with Gasteiger partial charge in [-0.2, -0.15) is 0 Å². The Hall–Kier alpha value is -1.26. The van der Waals surface area contributed by atoms with Gasteiger partial charge in [0.25, 0.3) is 0 Å². The average molecular weight is 226 g/mol. The van der Waals surface area contributed by atoms with E-state index in [1.54, 1.807) is 25.3 Å². The molecule has 4 heteroatoms. The quantitative estimate of drug-likeness (QED) is 0.687. The number of rotatable bonds is 8. The summed E-state index contributed by atoms with van der Waals surface area (Å²) < 4.78 is 15.5. The second kappa shape index (κ2) is 7.96. The van der Waals surface area contributed by atoms with Gasteiger partial charge in [0.15, 0.2) is 11.5 Å². The van der Waals surface area contributed by atoms with Gasteiger partial charge < -0.3 is 19.3 Å². The van der Waals surface area contributed by atoms with Gasteiger partial charge in [-0.1, -0.05) is 12.1 Å². The minimum Gasteiger partial charge on any atom is -0.504 e. The van der Waals surface area contributed by atoms with Crippen molar-refractivity contribution in [1.29, 1.82) is 0 Å². The molecule has 0 aromatic heterocycles. The smallest absolute Gasteiger partial charge is 0.161 e. The molecule has 0 heterocycles. The van der Waals surface area contributed by atoms with Gasteiger partial charge in [0, 0.05) is 20.3 Å². The first-order valence-electron chi connectivity index (χ1n) is 5.32. The lowest BCUT2D eigenvalue weighted by Crippen LogP contribution is -2.08.